The second kappa shape index (κ2) is 7.70. The third kappa shape index (κ3) is 5.04. The van der Waals surface area contributed by atoms with E-state index in [9.17, 15) is 19.8 Å². The van der Waals surface area contributed by atoms with Crippen LogP contribution >= 0.6 is 0 Å². The molecule has 2 aromatic carbocycles. The van der Waals surface area contributed by atoms with E-state index in [1.807, 2.05) is 48.5 Å². The van der Waals surface area contributed by atoms with Gasteiger partial charge >= 0.3 is 0 Å². The Morgan fingerprint density at radius 3 is 2.00 bits per heavy atom. The number of carbonyl (C=O) groups is 2. The van der Waals surface area contributed by atoms with Gasteiger partial charge in [-0.2, -0.15) is 0 Å². The van der Waals surface area contributed by atoms with Crippen LogP contribution in [0.2, 0.25) is 0 Å². The smallest absolute Gasteiger partial charge is 0.159 e. The standard InChI is InChI=1S/C19H20O4/c1-13(20)15-7-9-17(10-8-15)16-5-2-14(3-6-16)4-11-18(21)12-19(22)23/h2-3,5-10,18,21H,4,11-12H2,1H3,(H,22,23)/p-1/t18-/m0/s1. The van der Waals surface area contributed by atoms with Crippen molar-refractivity contribution in [1.29, 1.82) is 0 Å². The number of Topliss-reactive ketones (excluding diaryl/α,β-unsaturated/α-hetero) is 1. The fourth-order valence-corrected chi connectivity index (χ4v) is 2.39. The maximum atomic E-state index is 11.3. The first kappa shape index (κ1) is 16.9. The highest BCUT2D eigenvalue weighted by atomic mass is 16.4. The third-order valence-electron chi connectivity index (χ3n) is 3.75. The molecule has 1 atom stereocenters. The average Bonchev–Trinajstić information content (AvgIpc) is 2.53. The molecule has 0 saturated heterocycles. The summed E-state index contributed by atoms with van der Waals surface area (Å²) in [4.78, 5) is 21.7. The maximum Gasteiger partial charge on any atom is 0.159 e. The van der Waals surface area contributed by atoms with Crippen LogP contribution in [-0.2, 0) is 11.2 Å². The van der Waals surface area contributed by atoms with Gasteiger partial charge in [-0.1, -0.05) is 48.5 Å². The van der Waals surface area contributed by atoms with Gasteiger partial charge in [-0.15, -0.1) is 0 Å². The van der Waals surface area contributed by atoms with Crippen molar-refractivity contribution in [3.63, 3.8) is 0 Å². The highest BCUT2D eigenvalue weighted by Gasteiger charge is 2.06. The predicted molar refractivity (Wildman–Crippen MR) is 85.8 cm³/mol. The van der Waals surface area contributed by atoms with E-state index in [0.717, 1.165) is 16.7 Å². The molecule has 0 aliphatic rings. The minimum Gasteiger partial charge on any atom is -0.550 e. The van der Waals surface area contributed by atoms with Crippen LogP contribution in [-0.4, -0.2) is 23.0 Å². The van der Waals surface area contributed by atoms with Crippen LogP contribution in [0.1, 0.15) is 35.7 Å². The van der Waals surface area contributed by atoms with E-state index in [2.05, 4.69) is 0 Å². The van der Waals surface area contributed by atoms with Gasteiger partial charge in [0.25, 0.3) is 0 Å². The molecule has 1 N–H and O–H groups in total. The number of aliphatic hydroxyl groups is 1. The lowest BCUT2D eigenvalue weighted by Crippen LogP contribution is -2.27. The van der Waals surface area contributed by atoms with Crippen LogP contribution in [0.4, 0.5) is 0 Å². The summed E-state index contributed by atoms with van der Waals surface area (Å²) in [6.45, 7) is 1.54. The summed E-state index contributed by atoms with van der Waals surface area (Å²) in [5.41, 5.74) is 3.79. The summed E-state index contributed by atoms with van der Waals surface area (Å²) in [6.07, 6.45) is -0.210. The number of aliphatic carboxylic acids is 1. The van der Waals surface area contributed by atoms with Crippen molar-refractivity contribution >= 4 is 11.8 Å². The largest absolute Gasteiger partial charge is 0.550 e. The van der Waals surface area contributed by atoms with E-state index >= 15 is 0 Å². The summed E-state index contributed by atoms with van der Waals surface area (Å²) in [7, 11) is 0. The van der Waals surface area contributed by atoms with E-state index in [-0.39, 0.29) is 12.2 Å². The Morgan fingerprint density at radius 1 is 1.00 bits per heavy atom. The van der Waals surface area contributed by atoms with E-state index in [0.29, 0.717) is 18.4 Å². The number of hydrogen-bond acceptors (Lipinski definition) is 4. The lowest BCUT2D eigenvalue weighted by molar-refractivity contribution is -0.307. The van der Waals surface area contributed by atoms with E-state index in [1.54, 1.807) is 6.92 Å². The molecule has 0 aliphatic carbocycles. The van der Waals surface area contributed by atoms with Crippen molar-refractivity contribution in [3.05, 3.63) is 59.7 Å². The molecule has 0 unspecified atom stereocenters. The van der Waals surface area contributed by atoms with Crippen molar-refractivity contribution in [2.45, 2.75) is 32.3 Å². The highest BCUT2D eigenvalue weighted by molar-refractivity contribution is 5.94. The Balaban J connectivity index is 1.99. The fraction of sp³-hybridized carbons (Fsp3) is 0.263. The lowest BCUT2D eigenvalue weighted by atomic mass is 9.99. The van der Waals surface area contributed by atoms with E-state index < -0.39 is 12.1 Å². The Morgan fingerprint density at radius 2 is 1.52 bits per heavy atom. The van der Waals surface area contributed by atoms with Gasteiger partial charge in [0.05, 0.1) is 6.10 Å². The van der Waals surface area contributed by atoms with Crippen LogP contribution in [0.5, 0.6) is 0 Å². The van der Waals surface area contributed by atoms with Gasteiger partial charge in [0, 0.05) is 18.0 Å². The number of aliphatic hydroxyl groups excluding tert-OH is 1. The summed E-state index contributed by atoms with van der Waals surface area (Å²) in [6, 6.07) is 15.3. The number of benzene rings is 2. The van der Waals surface area contributed by atoms with Gasteiger partial charge < -0.3 is 15.0 Å². The Hall–Kier alpha value is -2.46. The molecular weight excluding hydrogens is 292 g/mol. The molecule has 0 radical (unpaired) electrons. The minimum absolute atomic E-state index is 0.0435. The maximum absolute atomic E-state index is 11.3. The van der Waals surface area contributed by atoms with E-state index in [4.69, 9.17) is 0 Å². The molecule has 0 spiro atoms. The molecule has 0 heterocycles. The monoisotopic (exact) mass is 311 g/mol. The predicted octanol–water partition coefficient (Wildman–Crippen LogP) is 1.99. The summed E-state index contributed by atoms with van der Waals surface area (Å²) in [5, 5.41) is 19.9. The lowest BCUT2D eigenvalue weighted by Gasteiger charge is -2.11. The van der Waals surface area contributed by atoms with Gasteiger partial charge in [-0.25, -0.2) is 0 Å². The van der Waals surface area contributed by atoms with Crippen LogP contribution in [0.3, 0.4) is 0 Å². The summed E-state index contributed by atoms with van der Waals surface area (Å²) < 4.78 is 0. The SMILES string of the molecule is CC(=O)c1ccc(-c2ccc(CC[C@H](O)CC(=O)[O-])cc2)cc1. The normalized spacial score (nSPS) is 11.9. The molecule has 4 heteroatoms. The van der Waals surface area contributed by atoms with Crippen molar-refractivity contribution in [2.24, 2.45) is 0 Å². The van der Waals surface area contributed by atoms with Crippen LogP contribution in [0.15, 0.2) is 48.5 Å². The minimum atomic E-state index is -1.23. The van der Waals surface area contributed by atoms with Gasteiger partial charge in [0.2, 0.25) is 0 Å². The second-order valence-electron chi connectivity index (χ2n) is 5.60. The molecule has 0 saturated carbocycles. The Bertz CT molecular complexity index is 672. The molecule has 4 nitrogen and oxygen atoms in total. The molecule has 120 valence electrons. The summed E-state index contributed by atoms with van der Waals surface area (Å²) >= 11 is 0. The highest BCUT2D eigenvalue weighted by Crippen LogP contribution is 2.21. The summed E-state index contributed by atoms with van der Waals surface area (Å²) in [5.74, 6) is -1.19. The molecule has 0 bridgehead atoms. The number of ketones is 1. The van der Waals surface area contributed by atoms with Gasteiger partial charge in [0.15, 0.2) is 5.78 Å². The van der Waals surface area contributed by atoms with E-state index in [1.165, 1.54) is 0 Å². The van der Waals surface area contributed by atoms with Crippen molar-refractivity contribution < 1.29 is 19.8 Å². The number of carbonyl (C=O) groups excluding carboxylic acids is 2. The molecular formula is C19H19O4-. The number of carboxylic acid groups (broad SMARTS) is 1. The van der Waals surface area contributed by atoms with Crippen LogP contribution < -0.4 is 5.11 Å². The molecule has 0 aromatic heterocycles. The number of hydrogen-bond donors (Lipinski definition) is 1. The molecule has 2 aromatic rings. The quantitative estimate of drug-likeness (QED) is 0.793. The topological polar surface area (TPSA) is 77.4 Å². The number of aryl methyl sites for hydroxylation is 1. The third-order valence-corrected chi connectivity index (χ3v) is 3.75. The number of rotatable bonds is 7. The molecule has 0 fully saturated rings. The molecule has 0 amide bonds. The molecule has 2 rings (SSSR count). The van der Waals surface area contributed by atoms with Crippen molar-refractivity contribution in [2.75, 3.05) is 0 Å². The van der Waals surface area contributed by atoms with Crippen LogP contribution in [0.25, 0.3) is 11.1 Å². The van der Waals surface area contributed by atoms with Gasteiger partial charge in [-0.3, -0.25) is 4.79 Å². The first-order chi connectivity index (χ1) is 11.0. The van der Waals surface area contributed by atoms with Gasteiger partial charge in [0.1, 0.15) is 0 Å². The fourth-order valence-electron chi connectivity index (χ4n) is 2.39. The van der Waals surface area contributed by atoms with Crippen LogP contribution in [0, 0.1) is 0 Å². The zero-order chi connectivity index (χ0) is 16.8. The number of carboxylic acids is 1. The van der Waals surface area contributed by atoms with Gasteiger partial charge in [-0.05, 0) is 36.5 Å². The Labute approximate surface area is 135 Å². The second-order valence-corrected chi connectivity index (χ2v) is 5.60. The average molecular weight is 311 g/mol. The zero-order valence-corrected chi connectivity index (χ0v) is 13.0. The first-order valence-corrected chi connectivity index (χ1v) is 7.54. The van der Waals surface area contributed by atoms with Crippen molar-refractivity contribution in [1.82, 2.24) is 0 Å². The zero-order valence-electron chi connectivity index (χ0n) is 13.0. The Kier molecular flexibility index (Phi) is 5.66. The molecule has 23 heavy (non-hydrogen) atoms. The molecule has 0 aliphatic heterocycles. The first-order valence-electron chi connectivity index (χ1n) is 7.54. The van der Waals surface area contributed by atoms with Crippen molar-refractivity contribution in [3.8, 4) is 11.1 Å².